The van der Waals surface area contributed by atoms with Crippen LogP contribution in [0, 0.1) is 29.6 Å². The van der Waals surface area contributed by atoms with Crippen LogP contribution in [0.15, 0.2) is 17.7 Å². The van der Waals surface area contributed by atoms with Crippen LogP contribution < -0.4 is 5.73 Å². The first kappa shape index (κ1) is 24.9. The molecule has 3 aliphatic rings. The number of hydrogen-bond donors (Lipinski definition) is 5. The van der Waals surface area contributed by atoms with E-state index in [-0.39, 0.29) is 29.7 Å². The average Bonchev–Trinajstić information content (AvgIpc) is 2.77. The molecule has 0 spiro atoms. The van der Waals surface area contributed by atoms with E-state index in [1.165, 1.54) is 6.07 Å². The highest BCUT2D eigenvalue weighted by atomic mass is 16.3. The molecule has 3 aliphatic carbocycles. The van der Waals surface area contributed by atoms with Gasteiger partial charge < -0.3 is 31.1 Å². The first-order valence-corrected chi connectivity index (χ1v) is 11.7. The van der Waals surface area contributed by atoms with Crippen molar-refractivity contribution < 1.29 is 34.8 Å². The lowest BCUT2D eigenvalue weighted by molar-refractivity contribution is -0.184. The van der Waals surface area contributed by atoms with E-state index >= 15 is 0 Å². The molecule has 1 amide bonds. The number of carbonyl (C=O) groups is 3. The highest BCUT2D eigenvalue weighted by Gasteiger charge is 2.67. The molecule has 6 N–H and O–H groups in total. The minimum atomic E-state index is -2.65. The zero-order valence-corrected chi connectivity index (χ0v) is 19.9. The minimum absolute atomic E-state index is 0.0499. The maximum Gasteiger partial charge on any atom is 0.230 e. The van der Waals surface area contributed by atoms with E-state index in [9.17, 15) is 34.8 Å². The second-order valence-corrected chi connectivity index (χ2v) is 9.83. The van der Waals surface area contributed by atoms with Gasteiger partial charge in [-0.3, -0.25) is 14.4 Å². The number of primary amides is 1. The van der Waals surface area contributed by atoms with Crippen LogP contribution in [0.1, 0.15) is 42.9 Å². The standard InChI is InChI=1S/C26H30N2O7/c1-4-5-6-7-12-8-9-16(29)18-14(12)10-13-11-15-20(28(2)3)22(31)19(25(27)34)24(33)26(15,35)23(32)17(13)21(18)30/h8-9,13,15,19-20,22,29-31,35H,4-5,10-11H2,1-3H3,(H2,27,34)/t13-,15-,19?,20-,22?,26-/m1/s1. The van der Waals surface area contributed by atoms with Crippen LogP contribution in [-0.4, -0.2) is 74.6 Å². The number of rotatable bonds is 3. The van der Waals surface area contributed by atoms with E-state index in [4.69, 9.17) is 5.73 Å². The fraction of sp³-hybridized carbons (Fsp3) is 0.500. The number of carbonyl (C=O) groups excluding carboxylic acids is 3. The summed E-state index contributed by atoms with van der Waals surface area (Å²) < 4.78 is 0. The van der Waals surface area contributed by atoms with Gasteiger partial charge in [-0.1, -0.05) is 18.8 Å². The van der Waals surface area contributed by atoms with E-state index in [0.717, 1.165) is 6.42 Å². The van der Waals surface area contributed by atoms with Crippen LogP contribution >= 0.6 is 0 Å². The number of hydrogen-bond acceptors (Lipinski definition) is 8. The van der Waals surface area contributed by atoms with Crippen LogP contribution in [0.5, 0.6) is 5.75 Å². The number of amides is 1. The Hall–Kier alpha value is -3.19. The predicted molar refractivity (Wildman–Crippen MR) is 126 cm³/mol. The molecule has 0 bridgehead atoms. The van der Waals surface area contributed by atoms with E-state index in [1.807, 2.05) is 6.92 Å². The normalized spacial score (nSPS) is 31.9. The maximum absolute atomic E-state index is 13.7. The molecule has 2 saturated carbocycles. The number of nitrogens with two attached hydrogens (primary N) is 1. The van der Waals surface area contributed by atoms with E-state index in [0.29, 0.717) is 17.5 Å². The van der Waals surface area contributed by atoms with Crippen molar-refractivity contribution in [3.8, 4) is 17.6 Å². The van der Waals surface area contributed by atoms with Gasteiger partial charge in [-0.2, -0.15) is 0 Å². The van der Waals surface area contributed by atoms with Crippen molar-refractivity contribution in [2.75, 3.05) is 14.1 Å². The molecule has 1 aromatic carbocycles. The summed E-state index contributed by atoms with van der Waals surface area (Å²) in [4.78, 5) is 40.7. The molecule has 0 aromatic heterocycles. The predicted octanol–water partition coefficient (Wildman–Crippen LogP) is 0.281. The van der Waals surface area contributed by atoms with Gasteiger partial charge in [0.05, 0.1) is 11.7 Å². The van der Waals surface area contributed by atoms with Gasteiger partial charge in [-0.05, 0) is 57.0 Å². The van der Waals surface area contributed by atoms with Crippen molar-refractivity contribution in [2.24, 2.45) is 23.5 Å². The summed E-state index contributed by atoms with van der Waals surface area (Å²) in [5.74, 6) is -1.40. The smallest absolute Gasteiger partial charge is 0.230 e. The maximum atomic E-state index is 13.7. The molecule has 2 unspecified atom stereocenters. The topological polar surface area (TPSA) is 161 Å². The van der Waals surface area contributed by atoms with Crippen molar-refractivity contribution in [1.82, 2.24) is 4.90 Å². The number of fused-ring (bicyclic) bond motifs is 3. The first-order chi connectivity index (χ1) is 16.5. The van der Waals surface area contributed by atoms with E-state index in [2.05, 4.69) is 11.8 Å². The summed E-state index contributed by atoms with van der Waals surface area (Å²) in [6, 6.07) is 2.12. The molecule has 9 nitrogen and oxygen atoms in total. The molecule has 4 rings (SSSR count). The Bertz CT molecular complexity index is 1210. The highest BCUT2D eigenvalue weighted by molar-refractivity contribution is 6.25. The SMILES string of the molecule is CCCC#Cc1ccc(O)c2c1C[C@@H]1C[C@@H]3[C@@H](N(C)C)C(O)C(C(N)=O)C(=O)[C@]3(O)C(=O)C1=C2O. The van der Waals surface area contributed by atoms with E-state index < -0.39 is 58.7 Å². The Labute approximate surface area is 203 Å². The highest BCUT2D eigenvalue weighted by Crippen LogP contribution is 2.52. The average molecular weight is 483 g/mol. The lowest BCUT2D eigenvalue weighted by atomic mass is 9.54. The number of phenols is 1. The van der Waals surface area contributed by atoms with Gasteiger partial charge in [-0.25, -0.2) is 0 Å². The lowest BCUT2D eigenvalue weighted by Crippen LogP contribution is -2.73. The first-order valence-electron chi connectivity index (χ1n) is 11.7. The molecule has 0 aliphatic heterocycles. The number of Topliss-reactive ketones (excluding diaryl/α,β-unsaturated/α-hetero) is 2. The number of aliphatic hydroxyl groups is 3. The third kappa shape index (κ3) is 3.56. The molecular weight excluding hydrogens is 452 g/mol. The number of unbranched alkanes of at least 4 members (excludes halogenated alkanes) is 1. The lowest BCUT2D eigenvalue weighted by Gasteiger charge is -2.53. The molecule has 0 radical (unpaired) electrons. The Morgan fingerprint density at radius 2 is 1.94 bits per heavy atom. The van der Waals surface area contributed by atoms with Crippen molar-refractivity contribution in [2.45, 2.75) is 50.4 Å². The molecule has 1 aromatic rings. The number of nitrogens with zero attached hydrogens (tertiary/aromatic N) is 1. The molecular formula is C26H30N2O7. The third-order valence-corrected chi connectivity index (χ3v) is 7.57. The number of aromatic hydroxyl groups is 1. The zero-order chi connectivity index (χ0) is 25.8. The summed E-state index contributed by atoms with van der Waals surface area (Å²) in [6.45, 7) is 2.00. The fourth-order valence-corrected chi connectivity index (χ4v) is 6.00. The molecule has 9 heteroatoms. The molecule has 0 saturated heterocycles. The van der Waals surface area contributed by atoms with E-state index in [1.54, 1.807) is 25.1 Å². The third-order valence-electron chi connectivity index (χ3n) is 7.57. The quantitative estimate of drug-likeness (QED) is 0.303. The molecule has 6 atom stereocenters. The Morgan fingerprint density at radius 1 is 1.26 bits per heavy atom. The summed E-state index contributed by atoms with van der Waals surface area (Å²) >= 11 is 0. The number of ketones is 2. The fourth-order valence-electron chi connectivity index (χ4n) is 6.00. The van der Waals surface area contributed by atoms with Crippen LogP contribution in [-0.2, 0) is 20.8 Å². The van der Waals surface area contributed by atoms with Crippen LogP contribution in [0.3, 0.4) is 0 Å². The van der Waals surface area contributed by atoms with Crippen molar-refractivity contribution in [1.29, 1.82) is 0 Å². The Kier molecular flexibility index (Phi) is 6.26. The zero-order valence-electron chi connectivity index (χ0n) is 19.9. The second-order valence-electron chi connectivity index (χ2n) is 9.83. The van der Waals surface area contributed by atoms with Crippen LogP contribution in [0.25, 0.3) is 5.76 Å². The summed E-state index contributed by atoms with van der Waals surface area (Å²) in [6.07, 6.45) is 0.346. The van der Waals surface area contributed by atoms with Crippen molar-refractivity contribution in [3.63, 3.8) is 0 Å². The minimum Gasteiger partial charge on any atom is -0.507 e. The number of aliphatic hydroxyl groups excluding tert-OH is 2. The summed E-state index contributed by atoms with van der Waals surface area (Å²) in [5, 5.41) is 44.2. The number of phenolic OH excluding ortho intramolecular Hbond substituents is 1. The molecule has 35 heavy (non-hydrogen) atoms. The summed E-state index contributed by atoms with van der Waals surface area (Å²) in [5.41, 5.74) is 3.80. The summed E-state index contributed by atoms with van der Waals surface area (Å²) in [7, 11) is 3.23. The van der Waals surface area contributed by atoms with Crippen molar-refractivity contribution in [3.05, 3.63) is 34.4 Å². The number of benzene rings is 1. The monoisotopic (exact) mass is 482 g/mol. The van der Waals surface area contributed by atoms with Crippen LogP contribution in [0.4, 0.5) is 0 Å². The largest absolute Gasteiger partial charge is 0.507 e. The van der Waals surface area contributed by atoms with Gasteiger partial charge in [0.25, 0.3) is 0 Å². The van der Waals surface area contributed by atoms with Gasteiger partial charge in [0.15, 0.2) is 11.4 Å². The van der Waals surface area contributed by atoms with Crippen molar-refractivity contribution >= 4 is 23.2 Å². The van der Waals surface area contributed by atoms with Gasteiger partial charge in [0.1, 0.15) is 17.4 Å². The molecule has 2 fully saturated rings. The van der Waals surface area contributed by atoms with Gasteiger partial charge in [0.2, 0.25) is 11.7 Å². The molecule has 186 valence electrons. The van der Waals surface area contributed by atoms with Gasteiger partial charge in [-0.15, -0.1) is 0 Å². The second kappa shape index (κ2) is 8.79. The Morgan fingerprint density at radius 3 is 2.54 bits per heavy atom. The number of likely N-dealkylation sites (N-methyl/N-ethyl adjacent to an activating group) is 1. The molecule has 0 heterocycles. The van der Waals surface area contributed by atoms with Crippen LogP contribution in [0.2, 0.25) is 0 Å². The van der Waals surface area contributed by atoms with Gasteiger partial charge >= 0.3 is 0 Å². The Balaban J connectivity index is 1.91. The van der Waals surface area contributed by atoms with Gasteiger partial charge in [0, 0.05) is 29.5 Å².